The summed E-state index contributed by atoms with van der Waals surface area (Å²) in [7, 11) is 0. The van der Waals surface area contributed by atoms with Gasteiger partial charge in [0.05, 0.1) is 11.4 Å². The topological polar surface area (TPSA) is 84.5 Å². The van der Waals surface area contributed by atoms with Crippen LogP contribution in [0.15, 0.2) is 82.6 Å². The number of aryl methyl sites for hydroxylation is 2. The largest absolute Gasteiger partial charge is 0.503 e. The van der Waals surface area contributed by atoms with E-state index in [4.69, 9.17) is 0 Å². The average Bonchev–Trinajstić information content (AvgIpc) is 2.84. The molecular weight excluding hydrogens is 428 g/mol. The first-order valence-corrected chi connectivity index (χ1v) is 11.3. The lowest BCUT2D eigenvalue weighted by molar-refractivity contribution is 0.456. The van der Waals surface area contributed by atoms with E-state index in [2.05, 4.69) is 0 Å². The maximum Gasteiger partial charge on any atom is 0.223 e. The molecule has 34 heavy (non-hydrogen) atoms. The highest BCUT2D eigenvalue weighted by atomic mass is 16.3. The Labute approximate surface area is 199 Å². The number of hydrogen-bond acceptors (Lipinski definition) is 4. The summed E-state index contributed by atoms with van der Waals surface area (Å²) in [4.78, 5) is 22.7. The second-order valence-corrected chi connectivity index (χ2v) is 8.07. The predicted molar refractivity (Wildman–Crippen MR) is 136 cm³/mol. The zero-order valence-corrected chi connectivity index (χ0v) is 19.9. The number of hydrogen-bond donors (Lipinski definition) is 2. The molecule has 0 bridgehead atoms. The molecule has 6 heteroatoms. The summed E-state index contributed by atoms with van der Waals surface area (Å²) in [6.45, 7) is 7.87. The fourth-order valence-electron chi connectivity index (χ4n) is 3.71. The van der Waals surface area contributed by atoms with E-state index in [-0.39, 0.29) is 22.4 Å². The molecule has 4 aromatic rings. The minimum Gasteiger partial charge on any atom is -0.503 e. The normalized spacial score (nSPS) is 10.5. The number of nitrogens with zero attached hydrogens (tertiary/aromatic N) is 2. The molecule has 2 heterocycles. The lowest BCUT2D eigenvalue weighted by atomic mass is 10.2. The van der Waals surface area contributed by atoms with Crippen LogP contribution in [0.5, 0.6) is 11.5 Å². The van der Waals surface area contributed by atoms with Crippen LogP contribution < -0.4 is 10.9 Å². The zero-order chi connectivity index (χ0) is 24.8. The van der Waals surface area contributed by atoms with Crippen molar-refractivity contribution in [3.8, 4) is 22.9 Å². The molecule has 2 aromatic carbocycles. The smallest absolute Gasteiger partial charge is 0.223 e. The van der Waals surface area contributed by atoms with Gasteiger partial charge in [0.25, 0.3) is 0 Å². The molecule has 0 aliphatic heterocycles. The Morgan fingerprint density at radius 2 is 0.912 bits per heavy atom. The van der Waals surface area contributed by atoms with Gasteiger partial charge in [0.15, 0.2) is 11.5 Å². The summed E-state index contributed by atoms with van der Waals surface area (Å²) < 4.78 is 3.69. The molecule has 4 rings (SSSR count). The Bertz CT molecular complexity index is 1270. The molecule has 176 valence electrons. The van der Waals surface area contributed by atoms with Gasteiger partial charge in [0, 0.05) is 35.9 Å². The fourth-order valence-corrected chi connectivity index (χ4v) is 3.71. The van der Waals surface area contributed by atoms with Crippen LogP contribution in [0, 0.1) is 13.8 Å². The molecular formula is C28H30N2O4. The van der Waals surface area contributed by atoms with Crippen LogP contribution in [-0.4, -0.2) is 19.3 Å². The van der Waals surface area contributed by atoms with E-state index < -0.39 is 0 Å². The quantitative estimate of drug-likeness (QED) is 0.459. The molecule has 0 aliphatic rings. The van der Waals surface area contributed by atoms with E-state index in [1.54, 1.807) is 12.4 Å². The van der Waals surface area contributed by atoms with Crippen molar-refractivity contribution >= 4 is 0 Å². The Kier molecular flexibility index (Phi) is 7.74. The van der Waals surface area contributed by atoms with E-state index in [0.717, 1.165) is 11.4 Å². The minimum atomic E-state index is -0.329. The Hall–Kier alpha value is -4.06. The maximum atomic E-state index is 11.4. The molecule has 0 saturated carbocycles. The summed E-state index contributed by atoms with van der Waals surface area (Å²) in [5.74, 6) is -0.314. The van der Waals surface area contributed by atoms with Crippen LogP contribution in [0.4, 0.5) is 0 Å². The number of benzene rings is 2. The van der Waals surface area contributed by atoms with Crippen molar-refractivity contribution in [1.82, 2.24) is 9.13 Å². The number of aromatic hydroxyl groups is 2. The van der Waals surface area contributed by atoms with Gasteiger partial charge in [-0.15, -0.1) is 0 Å². The molecule has 0 spiro atoms. The van der Waals surface area contributed by atoms with Crippen LogP contribution >= 0.6 is 0 Å². The summed E-state index contributed by atoms with van der Waals surface area (Å²) in [5, 5.41) is 19.5. The monoisotopic (exact) mass is 458 g/mol. The second-order valence-electron chi connectivity index (χ2n) is 8.07. The van der Waals surface area contributed by atoms with Gasteiger partial charge >= 0.3 is 0 Å². The van der Waals surface area contributed by atoms with Gasteiger partial charge in [-0.3, -0.25) is 9.59 Å². The fraction of sp³-hybridized carbons (Fsp3) is 0.214. The standard InChI is InChI=1S/2C14H15NO2/c2*1-3-12-14(17)13(16)8-9-15(12)11-6-4-10(2)5-7-11/h2*4-9,17H,3H2,1-2H3. The van der Waals surface area contributed by atoms with Gasteiger partial charge in [-0.05, 0) is 51.0 Å². The van der Waals surface area contributed by atoms with Gasteiger partial charge in [0.2, 0.25) is 10.9 Å². The molecule has 0 unspecified atom stereocenters. The Morgan fingerprint density at radius 3 is 1.21 bits per heavy atom. The third kappa shape index (κ3) is 5.29. The lowest BCUT2D eigenvalue weighted by Gasteiger charge is -2.13. The third-order valence-electron chi connectivity index (χ3n) is 5.64. The first-order valence-electron chi connectivity index (χ1n) is 11.3. The molecule has 0 fully saturated rings. The predicted octanol–water partition coefficient (Wildman–Crippen LogP) is 4.83. The molecule has 2 aromatic heterocycles. The van der Waals surface area contributed by atoms with Crippen molar-refractivity contribution in [1.29, 1.82) is 0 Å². The number of pyridine rings is 2. The SMILES string of the molecule is CCc1c(O)c(=O)ccn1-c1ccc(C)cc1.CCc1c(O)c(=O)ccn1-c1ccc(C)cc1. The highest BCUT2D eigenvalue weighted by Crippen LogP contribution is 2.19. The first-order chi connectivity index (χ1) is 16.3. The van der Waals surface area contributed by atoms with Gasteiger partial charge in [0.1, 0.15) is 0 Å². The maximum absolute atomic E-state index is 11.4. The van der Waals surface area contributed by atoms with Crippen molar-refractivity contribution in [2.75, 3.05) is 0 Å². The van der Waals surface area contributed by atoms with Crippen molar-refractivity contribution in [2.45, 2.75) is 40.5 Å². The van der Waals surface area contributed by atoms with Crippen LogP contribution in [0.3, 0.4) is 0 Å². The summed E-state index contributed by atoms with van der Waals surface area (Å²) in [6, 6.07) is 18.7. The van der Waals surface area contributed by atoms with Crippen molar-refractivity contribution < 1.29 is 10.2 Å². The van der Waals surface area contributed by atoms with Gasteiger partial charge in [-0.2, -0.15) is 0 Å². The summed E-state index contributed by atoms with van der Waals surface area (Å²) in [5.41, 5.74) is 4.87. The molecule has 0 atom stereocenters. The molecule has 0 saturated heterocycles. The number of rotatable bonds is 4. The van der Waals surface area contributed by atoms with E-state index in [1.807, 2.05) is 85.4 Å². The molecule has 2 N–H and O–H groups in total. The highest BCUT2D eigenvalue weighted by molar-refractivity contribution is 5.41. The summed E-state index contributed by atoms with van der Waals surface area (Å²) in [6.07, 6.45) is 4.61. The lowest BCUT2D eigenvalue weighted by Crippen LogP contribution is -2.10. The van der Waals surface area contributed by atoms with E-state index in [0.29, 0.717) is 24.2 Å². The van der Waals surface area contributed by atoms with Crippen LogP contribution in [-0.2, 0) is 12.8 Å². The Balaban J connectivity index is 0.000000191. The van der Waals surface area contributed by atoms with Gasteiger partial charge < -0.3 is 19.3 Å². The van der Waals surface area contributed by atoms with Gasteiger partial charge in [-0.1, -0.05) is 49.2 Å². The van der Waals surface area contributed by atoms with Crippen LogP contribution in [0.25, 0.3) is 11.4 Å². The van der Waals surface area contributed by atoms with Crippen molar-refractivity contribution in [2.24, 2.45) is 0 Å². The van der Waals surface area contributed by atoms with Crippen molar-refractivity contribution in [3.05, 3.63) is 116 Å². The van der Waals surface area contributed by atoms with Crippen molar-refractivity contribution in [3.63, 3.8) is 0 Å². The van der Waals surface area contributed by atoms with Crippen LogP contribution in [0.2, 0.25) is 0 Å². The second kappa shape index (κ2) is 10.7. The molecule has 6 nitrogen and oxygen atoms in total. The van der Waals surface area contributed by atoms with Gasteiger partial charge in [-0.25, -0.2) is 0 Å². The van der Waals surface area contributed by atoms with E-state index in [1.165, 1.54) is 23.3 Å². The third-order valence-corrected chi connectivity index (χ3v) is 5.64. The Morgan fingerprint density at radius 1 is 0.588 bits per heavy atom. The minimum absolute atomic E-state index is 0.157. The van der Waals surface area contributed by atoms with E-state index in [9.17, 15) is 19.8 Å². The van der Waals surface area contributed by atoms with E-state index >= 15 is 0 Å². The molecule has 0 aliphatic carbocycles. The summed E-state index contributed by atoms with van der Waals surface area (Å²) >= 11 is 0. The average molecular weight is 459 g/mol. The number of aromatic nitrogens is 2. The molecule has 0 amide bonds. The highest BCUT2D eigenvalue weighted by Gasteiger charge is 2.10. The molecule has 0 radical (unpaired) electrons. The van der Waals surface area contributed by atoms with Crippen LogP contribution in [0.1, 0.15) is 36.4 Å². The first kappa shape index (κ1) is 24.6. The zero-order valence-electron chi connectivity index (χ0n) is 19.9.